The Balaban J connectivity index is 1.84. The van der Waals surface area contributed by atoms with Crippen LogP contribution in [0.4, 0.5) is 0 Å². The van der Waals surface area contributed by atoms with E-state index in [-0.39, 0.29) is 0 Å². The van der Waals surface area contributed by atoms with Crippen molar-refractivity contribution in [3.8, 4) is 0 Å². The molecule has 3 heteroatoms. The zero-order chi connectivity index (χ0) is 13.3. The van der Waals surface area contributed by atoms with E-state index in [1.165, 1.54) is 6.21 Å². The molecule has 2 aromatic rings. The summed E-state index contributed by atoms with van der Waals surface area (Å²) in [6, 6.07) is 18.5. The molecule has 0 saturated heterocycles. The van der Waals surface area contributed by atoms with Gasteiger partial charge in [-0.05, 0) is 23.8 Å². The van der Waals surface area contributed by atoms with Gasteiger partial charge in [0.25, 0.3) is 0 Å². The summed E-state index contributed by atoms with van der Waals surface area (Å²) in [6.45, 7) is 0. The standard InChI is InChI=1S/C16H13NO2/c18-16(15-11-5-2-6-12-15)19-17-13-7-10-14-8-3-1-4-9-14/h1-13H. The molecule has 94 valence electrons. The van der Waals surface area contributed by atoms with E-state index in [2.05, 4.69) is 5.16 Å². The number of nitrogens with zero attached hydrogens (tertiary/aromatic N) is 1. The van der Waals surface area contributed by atoms with Crippen LogP contribution in [-0.2, 0) is 4.84 Å². The number of oxime groups is 1. The van der Waals surface area contributed by atoms with Gasteiger partial charge in [-0.3, -0.25) is 0 Å². The molecule has 0 radical (unpaired) electrons. The van der Waals surface area contributed by atoms with Crippen LogP contribution in [0, 0.1) is 0 Å². The molecule has 0 bridgehead atoms. The Bertz CT molecular complexity index is 574. The third kappa shape index (κ3) is 4.24. The molecule has 0 amide bonds. The van der Waals surface area contributed by atoms with E-state index in [1.54, 1.807) is 30.3 Å². The summed E-state index contributed by atoms with van der Waals surface area (Å²) in [5.41, 5.74) is 1.54. The van der Waals surface area contributed by atoms with E-state index in [9.17, 15) is 4.79 Å². The van der Waals surface area contributed by atoms with Gasteiger partial charge >= 0.3 is 5.97 Å². The fraction of sp³-hybridized carbons (Fsp3) is 0. The second-order valence-electron chi connectivity index (χ2n) is 3.77. The number of carbonyl (C=O) groups is 1. The number of hydrogen-bond acceptors (Lipinski definition) is 3. The van der Waals surface area contributed by atoms with Crippen molar-refractivity contribution < 1.29 is 9.63 Å². The fourth-order valence-corrected chi connectivity index (χ4v) is 1.46. The van der Waals surface area contributed by atoms with Crippen molar-refractivity contribution in [1.82, 2.24) is 0 Å². The Morgan fingerprint density at radius 3 is 2.26 bits per heavy atom. The Morgan fingerprint density at radius 1 is 0.947 bits per heavy atom. The van der Waals surface area contributed by atoms with Gasteiger partial charge in [-0.1, -0.05) is 59.8 Å². The van der Waals surface area contributed by atoms with Crippen LogP contribution in [0.3, 0.4) is 0 Å². The molecule has 0 N–H and O–H groups in total. The van der Waals surface area contributed by atoms with Crippen LogP contribution < -0.4 is 0 Å². The average Bonchev–Trinajstić information content (AvgIpc) is 2.49. The predicted molar refractivity (Wildman–Crippen MR) is 75.8 cm³/mol. The predicted octanol–water partition coefficient (Wildman–Crippen LogP) is 3.54. The lowest BCUT2D eigenvalue weighted by Gasteiger charge is -1.95. The monoisotopic (exact) mass is 251 g/mol. The van der Waals surface area contributed by atoms with Gasteiger partial charge in [-0.15, -0.1) is 0 Å². The SMILES string of the molecule is O=C(ON=CC=Cc1ccccc1)c1ccccc1. The first-order valence-corrected chi connectivity index (χ1v) is 5.88. The Labute approximate surface area is 111 Å². The first-order chi connectivity index (χ1) is 9.36. The lowest BCUT2D eigenvalue weighted by atomic mass is 10.2. The molecule has 3 nitrogen and oxygen atoms in total. The van der Waals surface area contributed by atoms with Crippen LogP contribution in [0.1, 0.15) is 15.9 Å². The first kappa shape index (κ1) is 12.8. The molecular formula is C16H13NO2. The van der Waals surface area contributed by atoms with Gasteiger partial charge in [0.05, 0.1) is 11.8 Å². The summed E-state index contributed by atoms with van der Waals surface area (Å²) in [7, 11) is 0. The molecule has 0 atom stereocenters. The highest BCUT2D eigenvalue weighted by Gasteiger charge is 2.03. The summed E-state index contributed by atoms with van der Waals surface area (Å²) in [5, 5.41) is 3.60. The van der Waals surface area contributed by atoms with Crippen LogP contribution in [0.25, 0.3) is 6.08 Å². The van der Waals surface area contributed by atoms with E-state index in [4.69, 9.17) is 4.84 Å². The molecule has 0 spiro atoms. The number of rotatable bonds is 4. The van der Waals surface area contributed by atoms with Gasteiger partial charge < -0.3 is 4.84 Å². The molecule has 19 heavy (non-hydrogen) atoms. The topological polar surface area (TPSA) is 38.7 Å². The van der Waals surface area contributed by atoms with Crippen molar-refractivity contribution in [2.75, 3.05) is 0 Å². The molecule has 0 saturated carbocycles. The molecule has 0 unspecified atom stereocenters. The molecule has 0 aliphatic carbocycles. The number of hydrogen-bond donors (Lipinski definition) is 0. The number of allylic oxidation sites excluding steroid dienone is 1. The summed E-state index contributed by atoms with van der Waals surface area (Å²) in [6.07, 6.45) is 5.03. The van der Waals surface area contributed by atoms with Crippen molar-refractivity contribution >= 4 is 18.3 Å². The smallest absolute Gasteiger partial charge is 0.313 e. The van der Waals surface area contributed by atoms with Crippen LogP contribution in [-0.4, -0.2) is 12.2 Å². The van der Waals surface area contributed by atoms with E-state index in [0.29, 0.717) is 5.56 Å². The van der Waals surface area contributed by atoms with Crippen molar-refractivity contribution in [3.05, 3.63) is 77.9 Å². The molecule has 0 fully saturated rings. The Hall–Kier alpha value is -2.68. The van der Waals surface area contributed by atoms with Crippen molar-refractivity contribution in [1.29, 1.82) is 0 Å². The van der Waals surface area contributed by atoms with Crippen LogP contribution >= 0.6 is 0 Å². The minimum absolute atomic E-state index is 0.468. The average molecular weight is 251 g/mol. The molecular weight excluding hydrogens is 238 g/mol. The second kappa shape index (κ2) is 6.91. The molecule has 0 aromatic heterocycles. The number of benzene rings is 2. The van der Waals surface area contributed by atoms with Gasteiger partial charge in [0.1, 0.15) is 0 Å². The van der Waals surface area contributed by atoms with Crippen LogP contribution in [0.15, 0.2) is 71.9 Å². The third-order valence-corrected chi connectivity index (χ3v) is 2.38. The molecule has 2 aromatic carbocycles. The quantitative estimate of drug-likeness (QED) is 0.473. The minimum Gasteiger partial charge on any atom is -0.313 e. The minimum atomic E-state index is -0.468. The molecule has 0 aliphatic rings. The summed E-state index contributed by atoms with van der Waals surface area (Å²) >= 11 is 0. The summed E-state index contributed by atoms with van der Waals surface area (Å²) in [5.74, 6) is -0.468. The maximum absolute atomic E-state index is 11.5. The van der Waals surface area contributed by atoms with Crippen molar-refractivity contribution in [2.24, 2.45) is 5.16 Å². The number of carbonyl (C=O) groups excluding carboxylic acids is 1. The second-order valence-corrected chi connectivity index (χ2v) is 3.77. The van der Waals surface area contributed by atoms with E-state index in [0.717, 1.165) is 5.56 Å². The summed E-state index contributed by atoms with van der Waals surface area (Å²) in [4.78, 5) is 16.3. The van der Waals surface area contributed by atoms with Crippen LogP contribution in [0.2, 0.25) is 0 Å². The highest BCUT2D eigenvalue weighted by Crippen LogP contribution is 2.01. The molecule has 0 heterocycles. The van der Waals surface area contributed by atoms with Crippen LogP contribution in [0.5, 0.6) is 0 Å². The van der Waals surface area contributed by atoms with Gasteiger partial charge in [0.2, 0.25) is 0 Å². The van der Waals surface area contributed by atoms with Gasteiger partial charge in [0, 0.05) is 0 Å². The van der Waals surface area contributed by atoms with E-state index in [1.807, 2.05) is 42.5 Å². The largest absolute Gasteiger partial charge is 0.365 e. The van der Waals surface area contributed by atoms with Crippen molar-refractivity contribution in [2.45, 2.75) is 0 Å². The maximum atomic E-state index is 11.5. The lowest BCUT2D eigenvalue weighted by molar-refractivity contribution is 0.0519. The summed E-state index contributed by atoms with van der Waals surface area (Å²) < 4.78 is 0. The first-order valence-electron chi connectivity index (χ1n) is 5.88. The maximum Gasteiger partial charge on any atom is 0.365 e. The van der Waals surface area contributed by atoms with E-state index < -0.39 is 5.97 Å². The highest BCUT2D eigenvalue weighted by molar-refractivity contribution is 5.89. The molecule has 0 aliphatic heterocycles. The van der Waals surface area contributed by atoms with Gasteiger partial charge in [0.15, 0.2) is 0 Å². The Morgan fingerprint density at radius 2 is 1.58 bits per heavy atom. The van der Waals surface area contributed by atoms with Gasteiger partial charge in [-0.2, -0.15) is 0 Å². The fourth-order valence-electron chi connectivity index (χ4n) is 1.46. The lowest BCUT2D eigenvalue weighted by Crippen LogP contribution is -1.99. The zero-order valence-corrected chi connectivity index (χ0v) is 10.3. The van der Waals surface area contributed by atoms with Gasteiger partial charge in [-0.25, -0.2) is 4.79 Å². The highest BCUT2D eigenvalue weighted by atomic mass is 16.7. The molecule has 2 rings (SSSR count). The Kier molecular flexibility index (Phi) is 4.64. The zero-order valence-electron chi connectivity index (χ0n) is 10.3. The third-order valence-electron chi connectivity index (χ3n) is 2.38. The van der Waals surface area contributed by atoms with Crippen molar-refractivity contribution in [3.63, 3.8) is 0 Å². The normalized spacial score (nSPS) is 10.9. The van der Waals surface area contributed by atoms with E-state index >= 15 is 0 Å².